The van der Waals surface area contributed by atoms with Gasteiger partial charge in [-0.2, -0.15) is 0 Å². The van der Waals surface area contributed by atoms with Crippen molar-refractivity contribution in [2.45, 2.75) is 37.2 Å². The van der Waals surface area contributed by atoms with Crippen LogP contribution in [0.2, 0.25) is 0 Å². The molecule has 2 atom stereocenters. The van der Waals surface area contributed by atoms with E-state index < -0.39 is 10.0 Å². The highest BCUT2D eigenvalue weighted by atomic mass is 32.2. The molecule has 5 rings (SSSR count). The number of benzene rings is 3. The Morgan fingerprint density at radius 3 is 2.80 bits per heavy atom. The van der Waals surface area contributed by atoms with Crippen molar-refractivity contribution in [3.8, 4) is 0 Å². The summed E-state index contributed by atoms with van der Waals surface area (Å²) in [5.74, 6) is -0.293. The summed E-state index contributed by atoms with van der Waals surface area (Å²) >= 11 is 0. The van der Waals surface area contributed by atoms with E-state index in [1.807, 2.05) is 43.5 Å². The third kappa shape index (κ3) is 4.35. The number of carbonyl (C=O) groups is 1. The van der Waals surface area contributed by atoms with Crippen LogP contribution in [-0.4, -0.2) is 36.9 Å². The number of hydrogen-bond acceptors (Lipinski definition) is 3. The van der Waals surface area contributed by atoms with E-state index in [2.05, 4.69) is 14.6 Å². The molecule has 2 N–H and O–H groups in total. The van der Waals surface area contributed by atoms with Crippen LogP contribution in [0.5, 0.6) is 0 Å². The van der Waals surface area contributed by atoms with E-state index in [1.165, 1.54) is 0 Å². The van der Waals surface area contributed by atoms with E-state index in [1.54, 1.807) is 35.2 Å². The van der Waals surface area contributed by atoms with Gasteiger partial charge in [0.15, 0.2) is 0 Å². The van der Waals surface area contributed by atoms with Crippen LogP contribution in [-0.2, 0) is 21.2 Å². The lowest BCUT2D eigenvalue weighted by Gasteiger charge is -2.20. The molecule has 0 bridgehead atoms. The normalized spacial score (nSPS) is 16.9. The van der Waals surface area contributed by atoms with Gasteiger partial charge in [-0.25, -0.2) is 15.0 Å². The first-order chi connectivity index (χ1) is 16.9. The van der Waals surface area contributed by atoms with Crippen LogP contribution in [0.25, 0.3) is 26.5 Å². The summed E-state index contributed by atoms with van der Waals surface area (Å²) in [6.45, 7) is 9.85. The fraction of sp³-hybridized carbons (Fsp3) is 0.259. The van der Waals surface area contributed by atoms with E-state index in [0.717, 1.165) is 34.7 Å². The fourth-order valence-electron chi connectivity index (χ4n) is 4.89. The van der Waals surface area contributed by atoms with Crippen molar-refractivity contribution in [3.05, 3.63) is 83.8 Å². The molecule has 35 heavy (non-hydrogen) atoms. The highest BCUT2D eigenvalue weighted by Gasteiger charge is 2.35. The molecule has 1 amide bonds. The zero-order valence-corrected chi connectivity index (χ0v) is 20.2. The van der Waals surface area contributed by atoms with Crippen molar-refractivity contribution >= 4 is 43.3 Å². The van der Waals surface area contributed by atoms with Crippen molar-refractivity contribution in [2.24, 2.45) is 5.92 Å². The van der Waals surface area contributed by atoms with E-state index >= 15 is 0 Å². The van der Waals surface area contributed by atoms with E-state index in [0.29, 0.717) is 24.0 Å². The molecule has 1 aromatic heterocycles. The number of aromatic nitrogens is 1. The van der Waals surface area contributed by atoms with Gasteiger partial charge < -0.3 is 4.98 Å². The van der Waals surface area contributed by atoms with Gasteiger partial charge >= 0.3 is 6.17 Å². The Morgan fingerprint density at radius 2 is 1.97 bits per heavy atom. The molecular formula is C27H26N4O3S. The van der Waals surface area contributed by atoms with Gasteiger partial charge in [-0.15, -0.1) is 0 Å². The zero-order chi connectivity index (χ0) is 24.6. The van der Waals surface area contributed by atoms with Gasteiger partial charge in [0.05, 0.1) is 4.90 Å². The molecule has 1 fully saturated rings. The highest BCUT2D eigenvalue weighted by molar-refractivity contribution is 7.93. The predicted molar refractivity (Wildman–Crippen MR) is 137 cm³/mol. The summed E-state index contributed by atoms with van der Waals surface area (Å²) in [4.78, 5) is 21.7. The van der Waals surface area contributed by atoms with Crippen LogP contribution in [0, 0.1) is 12.5 Å². The average Bonchev–Trinajstić information content (AvgIpc) is 3.50. The number of nitrogens with one attached hydrogen (secondary N) is 2. The molecule has 0 unspecified atom stereocenters. The highest BCUT2D eigenvalue weighted by Crippen LogP contribution is 2.29. The smallest absolute Gasteiger partial charge is 0.300 e. The quantitative estimate of drug-likeness (QED) is 0.369. The van der Waals surface area contributed by atoms with Gasteiger partial charge in [-0.3, -0.25) is 19.3 Å². The molecule has 0 radical (unpaired) electrons. The number of anilines is 1. The van der Waals surface area contributed by atoms with Crippen LogP contribution >= 0.6 is 0 Å². The van der Waals surface area contributed by atoms with E-state index in [9.17, 15) is 13.2 Å². The van der Waals surface area contributed by atoms with E-state index in [-0.39, 0.29) is 22.9 Å². The maximum atomic E-state index is 13.3. The van der Waals surface area contributed by atoms with Gasteiger partial charge in [0, 0.05) is 47.1 Å². The number of aromatic amines is 1. The summed E-state index contributed by atoms with van der Waals surface area (Å²) in [5, 5.41) is 2.39. The number of rotatable bonds is 6. The molecule has 4 aromatic rings. The summed E-state index contributed by atoms with van der Waals surface area (Å²) in [7, 11) is -3.81. The molecule has 0 saturated carbocycles. The predicted octanol–water partition coefficient (Wildman–Crippen LogP) is 5.17. The van der Waals surface area contributed by atoms with Gasteiger partial charge in [0.1, 0.15) is 0 Å². The number of sulfonamides is 1. The number of nitrogens with zero attached hydrogens (tertiary/aromatic N) is 2. The first-order valence-electron chi connectivity index (χ1n) is 11.6. The first kappa shape index (κ1) is 22.9. The summed E-state index contributed by atoms with van der Waals surface area (Å²) in [6.07, 6.45) is 3.60. The Morgan fingerprint density at radius 1 is 1.17 bits per heavy atom. The average molecular weight is 487 g/mol. The third-order valence-electron chi connectivity index (χ3n) is 6.66. The number of hydrogen-bond donors (Lipinski definition) is 2. The van der Waals surface area contributed by atoms with Crippen LogP contribution in [0.4, 0.5) is 5.69 Å². The minimum absolute atomic E-state index is 0.00865. The molecule has 1 aliphatic heterocycles. The summed E-state index contributed by atoms with van der Waals surface area (Å²) in [5.41, 5.74) is 2.26. The Balaban J connectivity index is 1.40. The monoisotopic (exact) mass is 486 g/mol. The second kappa shape index (κ2) is 9.08. The molecule has 0 aliphatic carbocycles. The number of likely N-dealkylation sites (tertiary alicyclic amines) is 1. The molecule has 7 nitrogen and oxygen atoms in total. The lowest BCUT2D eigenvalue weighted by atomic mass is 9.99. The molecule has 1 saturated heterocycles. The summed E-state index contributed by atoms with van der Waals surface area (Å²) in [6, 6.07) is 18.0. The topological polar surface area (TPSA) is 86.6 Å². The minimum Gasteiger partial charge on any atom is -0.361 e. The van der Waals surface area contributed by atoms with Gasteiger partial charge in [-0.05, 0) is 48.1 Å². The molecule has 3 aromatic carbocycles. The van der Waals surface area contributed by atoms with Gasteiger partial charge in [-0.1, -0.05) is 43.3 Å². The Labute approximate surface area is 204 Å². The van der Waals surface area contributed by atoms with Crippen LogP contribution in [0.15, 0.2) is 71.8 Å². The lowest BCUT2D eigenvalue weighted by molar-refractivity contribution is -0.135. The Bertz CT molecular complexity index is 1560. The number of amides is 1. The lowest BCUT2D eigenvalue weighted by Crippen LogP contribution is -2.38. The van der Waals surface area contributed by atoms with Crippen molar-refractivity contribution in [1.29, 1.82) is 0 Å². The molecular weight excluding hydrogens is 460 g/mol. The second-order valence-corrected chi connectivity index (χ2v) is 10.7. The third-order valence-corrected chi connectivity index (χ3v) is 8.10. The Hall–Kier alpha value is -3.83. The molecule has 2 heterocycles. The minimum atomic E-state index is -3.81. The molecule has 1 aliphatic rings. The number of H-pyrrole nitrogens is 1. The van der Waals surface area contributed by atoms with Crippen LogP contribution in [0.3, 0.4) is 0 Å². The first-order valence-corrected chi connectivity index (χ1v) is 13.1. The van der Waals surface area contributed by atoms with Gasteiger partial charge in [0.25, 0.3) is 10.0 Å². The van der Waals surface area contributed by atoms with Crippen molar-refractivity contribution in [1.82, 2.24) is 9.88 Å². The standard InChI is InChI=1S/C27H26N4O3S/c1-18(27(32)31-14-6-11-26(31)28-2)15-20-17-29-24-13-12-21(16-23(20)24)30-35(33,34)25-10-5-8-19-7-3-4-9-22(19)25/h3-5,7-10,12-13,16-18,26,29-30H,6,11,14-15H2,1H3/t18-,26-/m0/s1. The summed E-state index contributed by atoms with van der Waals surface area (Å²) < 4.78 is 29.2. The number of fused-ring (bicyclic) bond motifs is 2. The largest absolute Gasteiger partial charge is 0.361 e. The van der Waals surface area contributed by atoms with Crippen molar-refractivity contribution in [2.75, 3.05) is 11.3 Å². The fourth-order valence-corrected chi connectivity index (χ4v) is 6.17. The maximum absolute atomic E-state index is 13.3. The SMILES string of the molecule is [C-]#[N+][C@@H]1CCCN1C(=O)[C@@H](C)Cc1c[nH]c2ccc(NS(=O)(=O)c3cccc4ccccc34)cc12. The number of carbonyl (C=O) groups excluding carboxylic acids is 1. The van der Waals surface area contributed by atoms with E-state index in [4.69, 9.17) is 6.57 Å². The molecule has 8 heteroatoms. The van der Waals surface area contributed by atoms with Gasteiger partial charge in [0.2, 0.25) is 5.91 Å². The maximum Gasteiger partial charge on any atom is 0.300 e. The van der Waals surface area contributed by atoms with Crippen LogP contribution in [0.1, 0.15) is 25.3 Å². The van der Waals surface area contributed by atoms with Crippen LogP contribution < -0.4 is 4.72 Å². The molecule has 178 valence electrons. The second-order valence-electron chi connectivity index (χ2n) is 9.05. The zero-order valence-electron chi connectivity index (χ0n) is 19.4. The molecule has 0 spiro atoms. The van der Waals surface area contributed by atoms with Crippen molar-refractivity contribution < 1.29 is 13.2 Å². The van der Waals surface area contributed by atoms with Crippen molar-refractivity contribution in [3.63, 3.8) is 0 Å². The Kier molecular flexibility index (Phi) is 5.95.